The molecule has 2 amide bonds. The predicted molar refractivity (Wildman–Crippen MR) is 109 cm³/mol. The Kier molecular flexibility index (Phi) is 5.97. The van der Waals surface area contributed by atoms with E-state index in [-0.39, 0.29) is 11.5 Å². The summed E-state index contributed by atoms with van der Waals surface area (Å²) in [4.78, 5) is 30.8. The lowest BCUT2D eigenvalue weighted by atomic mass is 10.1. The molecule has 2 aromatic rings. The van der Waals surface area contributed by atoms with Gasteiger partial charge in [-0.25, -0.2) is 14.6 Å². The number of rotatable bonds is 2. The van der Waals surface area contributed by atoms with E-state index in [4.69, 9.17) is 15.2 Å². The van der Waals surface area contributed by atoms with Gasteiger partial charge in [-0.3, -0.25) is 0 Å². The number of amides is 2. The number of imide groups is 1. The molecule has 150 valence electrons. The van der Waals surface area contributed by atoms with Gasteiger partial charge in [-0.05, 0) is 53.7 Å². The van der Waals surface area contributed by atoms with Crippen molar-refractivity contribution in [1.82, 2.24) is 4.98 Å². The Morgan fingerprint density at radius 3 is 1.82 bits per heavy atom. The monoisotopic (exact) mass is 385 g/mol. The molecule has 2 rings (SSSR count). The molecule has 28 heavy (non-hydrogen) atoms. The Morgan fingerprint density at radius 1 is 0.857 bits per heavy atom. The quantitative estimate of drug-likeness (QED) is 0.781. The minimum atomic E-state index is -0.911. The van der Waals surface area contributed by atoms with Crippen LogP contribution in [0.4, 0.5) is 21.1 Å². The molecule has 0 fully saturated rings. The molecule has 0 saturated carbocycles. The normalized spacial score (nSPS) is 11.6. The molecule has 0 bridgehead atoms. The zero-order valence-corrected chi connectivity index (χ0v) is 17.1. The number of hydrogen-bond donors (Lipinski definition) is 1. The second-order valence-corrected chi connectivity index (χ2v) is 8.27. The molecule has 1 aromatic carbocycles. The summed E-state index contributed by atoms with van der Waals surface area (Å²) in [6.45, 7) is 10.2. The molecule has 0 aliphatic carbocycles. The Morgan fingerprint density at radius 2 is 1.36 bits per heavy atom. The average molecular weight is 385 g/mol. The highest BCUT2D eigenvalue weighted by Crippen LogP contribution is 2.28. The minimum absolute atomic E-state index is 0.0372. The first-order valence-electron chi connectivity index (χ1n) is 8.95. The van der Waals surface area contributed by atoms with Gasteiger partial charge in [0.05, 0.1) is 11.4 Å². The SMILES string of the molecule is CC(C)(C)OC(=O)N(C(=O)OC(C)(C)C)c1nc(-c2ccccc2)ccc1N. The first-order chi connectivity index (χ1) is 12.9. The first kappa shape index (κ1) is 21.2. The topological polar surface area (TPSA) is 94.8 Å². The van der Waals surface area contributed by atoms with E-state index >= 15 is 0 Å². The summed E-state index contributed by atoms with van der Waals surface area (Å²) >= 11 is 0. The molecule has 2 N–H and O–H groups in total. The lowest BCUT2D eigenvalue weighted by Gasteiger charge is -2.28. The van der Waals surface area contributed by atoms with Gasteiger partial charge < -0.3 is 15.2 Å². The van der Waals surface area contributed by atoms with Crippen LogP contribution < -0.4 is 10.6 Å². The maximum Gasteiger partial charge on any atom is 0.425 e. The van der Waals surface area contributed by atoms with Crippen LogP contribution in [-0.4, -0.2) is 28.4 Å². The minimum Gasteiger partial charge on any atom is -0.443 e. The summed E-state index contributed by atoms with van der Waals surface area (Å²) in [7, 11) is 0. The van der Waals surface area contributed by atoms with Crippen molar-refractivity contribution in [3.63, 3.8) is 0 Å². The van der Waals surface area contributed by atoms with Gasteiger partial charge in [-0.2, -0.15) is 4.90 Å². The van der Waals surface area contributed by atoms with Crippen molar-refractivity contribution in [2.24, 2.45) is 0 Å². The van der Waals surface area contributed by atoms with Crippen molar-refractivity contribution in [3.05, 3.63) is 42.5 Å². The molecule has 0 saturated heterocycles. The van der Waals surface area contributed by atoms with Gasteiger partial charge in [0.15, 0.2) is 5.82 Å². The molecule has 0 aliphatic rings. The van der Waals surface area contributed by atoms with Crippen LogP contribution in [0.15, 0.2) is 42.5 Å². The number of ether oxygens (including phenoxy) is 2. The lowest BCUT2D eigenvalue weighted by Crippen LogP contribution is -2.44. The van der Waals surface area contributed by atoms with Gasteiger partial charge in [0, 0.05) is 5.56 Å². The Hall–Kier alpha value is -3.09. The number of carbonyl (C=O) groups is 2. The highest BCUT2D eigenvalue weighted by Gasteiger charge is 2.35. The molecule has 1 heterocycles. The second kappa shape index (κ2) is 7.88. The van der Waals surface area contributed by atoms with Gasteiger partial charge in [-0.15, -0.1) is 0 Å². The maximum atomic E-state index is 12.8. The largest absolute Gasteiger partial charge is 0.443 e. The average Bonchev–Trinajstić information content (AvgIpc) is 2.54. The molecular formula is C21H27N3O4. The van der Waals surface area contributed by atoms with Crippen LogP contribution >= 0.6 is 0 Å². The Balaban J connectivity index is 2.53. The lowest BCUT2D eigenvalue weighted by molar-refractivity contribution is 0.0429. The number of nitrogens with two attached hydrogens (primary N) is 1. The van der Waals surface area contributed by atoms with E-state index in [0.717, 1.165) is 10.5 Å². The third-order valence-electron chi connectivity index (χ3n) is 3.34. The summed E-state index contributed by atoms with van der Waals surface area (Å²) in [5.74, 6) is -0.0372. The third kappa shape index (κ3) is 5.70. The van der Waals surface area contributed by atoms with Gasteiger partial charge in [0.1, 0.15) is 11.2 Å². The van der Waals surface area contributed by atoms with Crippen molar-refractivity contribution in [2.75, 3.05) is 10.6 Å². The standard InChI is InChI=1S/C21H27N3O4/c1-20(2,3)27-18(25)24(19(26)28-21(4,5)6)17-15(22)12-13-16(23-17)14-10-8-7-9-11-14/h7-13H,22H2,1-6H3. The van der Waals surface area contributed by atoms with E-state index in [1.54, 1.807) is 53.7 Å². The smallest absolute Gasteiger partial charge is 0.425 e. The number of anilines is 2. The molecule has 0 spiro atoms. The van der Waals surface area contributed by atoms with Crippen LogP contribution in [0.25, 0.3) is 11.3 Å². The predicted octanol–water partition coefficient (Wildman–Crippen LogP) is 5.01. The number of nitrogen functional groups attached to an aromatic ring is 1. The summed E-state index contributed by atoms with van der Waals surface area (Å²) in [5, 5.41) is 0. The molecule has 0 aliphatic heterocycles. The van der Waals surface area contributed by atoms with Crippen LogP contribution in [0.5, 0.6) is 0 Å². The van der Waals surface area contributed by atoms with Crippen molar-refractivity contribution >= 4 is 23.7 Å². The molecule has 7 heteroatoms. The van der Waals surface area contributed by atoms with Crippen LogP contribution in [0.1, 0.15) is 41.5 Å². The molecular weight excluding hydrogens is 358 g/mol. The fourth-order valence-corrected chi connectivity index (χ4v) is 2.27. The summed E-state index contributed by atoms with van der Waals surface area (Å²) in [5.41, 5.74) is 5.94. The highest BCUT2D eigenvalue weighted by molar-refractivity contribution is 6.10. The zero-order valence-electron chi connectivity index (χ0n) is 17.1. The van der Waals surface area contributed by atoms with Crippen molar-refractivity contribution in [1.29, 1.82) is 0 Å². The van der Waals surface area contributed by atoms with E-state index < -0.39 is 23.4 Å². The summed E-state index contributed by atoms with van der Waals surface area (Å²) < 4.78 is 10.8. The fraction of sp³-hybridized carbons (Fsp3) is 0.381. The zero-order chi connectivity index (χ0) is 21.1. The van der Waals surface area contributed by atoms with Gasteiger partial charge >= 0.3 is 12.2 Å². The van der Waals surface area contributed by atoms with E-state index in [9.17, 15) is 9.59 Å². The van der Waals surface area contributed by atoms with Crippen LogP contribution in [0.2, 0.25) is 0 Å². The van der Waals surface area contributed by atoms with Crippen molar-refractivity contribution in [2.45, 2.75) is 52.7 Å². The van der Waals surface area contributed by atoms with E-state index in [1.807, 2.05) is 30.3 Å². The van der Waals surface area contributed by atoms with Crippen LogP contribution in [-0.2, 0) is 9.47 Å². The molecule has 7 nitrogen and oxygen atoms in total. The molecule has 0 unspecified atom stereocenters. The highest BCUT2D eigenvalue weighted by atomic mass is 16.6. The van der Waals surface area contributed by atoms with Crippen LogP contribution in [0.3, 0.4) is 0 Å². The number of hydrogen-bond acceptors (Lipinski definition) is 6. The van der Waals surface area contributed by atoms with Gasteiger partial charge in [0.25, 0.3) is 0 Å². The molecule has 0 radical (unpaired) electrons. The number of benzene rings is 1. The molecule has 1 aromatic heterocycles. The maximum absolute atomic E-state index is 12.8. The first-order valence-corrected chi connectivity index (χ1v) is 8.95. The van der Waals surface area contributed by atoms with E-state index in [1.165, 1.54) is 0 Å². The van der Waals surface area contributed by atoms with Gasteiger partial charge in [0.2, 0.25) is 0 Å². The Labute approximate surface area is 165 Å². The van der Waals surface area contributed by atoms with Gasteiger partial charge in [-0.1, -0.05) is 30.3 Å². The number of carbonyl (C=O) groups excluding carboxylic acids is 2. The number of aromatic nitrogens is 1. The summed E-state index contributed by atoms with van der Waals surface area (Å²) in [6, 6.07) is 12.7. The molecule has 0 atom stereocenters. The number of pyridine rings is 1. The summed E-state index contributed by atoms with van der Waals surface area (Å²) in [6.07, 6.45) is -1.82. The van der Waals surface area contributed by atoms with Crippen molar-refractivity contribution < 1.29 is 19.1 Å². The Bertz CT molecular complexity index is 824. The fourth-order valence-electron chi connectivity index (χ4n) is 2.27. The van der Waals surface area contributed by atoms with Crippen LogP contribution in [0, 0.1) is 0 Å². The second-order valence-electron chi connectivity index (χ2n) is 8.27. The van der Waals surface area contributed by atoms with E-state index in [0.29, 0.717) is 5.69 Å². The number of nitrogens with zero attached hydrogens (tertiary/aromatic N) is 2. The van der Waals surface area contributed by atoms with Crippen molar-refractivity contribution in [3.8, 4) is 11.3 Å². The third-order valence-corrected chi connectivity index (χ3v) is 3.34. The van der Waals surface area contributed by atoms with E-state index in [2.05, 4.69) is 4.98 Å².